The van der Waals surface area contributed by atoms with E-state index < -0.39 is 11.2 Å². The maximum atomic E-state index is 12.3. The second-order valence-corrected chi connectivity index (χ2v) is 6.52. The van der Waals surface area contributed by atoms with Gasteiger partial charge in [-0.1, -0.05) is 23.2 Å². The number of hydrogen-bond acceptors (Lipinski definition) is 4. The Morgan fingerprint density at radius 1 is 1.38 bits per heavy atom. The first kappa shape index (κ1) is 16.1. The maximum absolute atomic E-state index is 12.3. The highest BCUT2D eigenvalue weighted by molar-refractivity contribution is 8.00. The van der Waals surface area contributed by atoms with Crippen LogP contribution < -0.4 is 4.90 Å². The van der Waals surface area contributed by atoms with Gasteiger partial charge < -0.3 is 5.11 Å². The summed E-state index contributed by atoms with van der Waals surface area (Å²) in [6, 6.07) is 4.53. The van der Waals surface area contributed by atoms with E-state index in [1.807, 2.05) is 0 Å². The third-order valence-electron chi connectivity index (χ3n) is 2.89. The number of rotatable bonds is 5. The number of thioether (sulfide) groups is 1. The van der Waals surface area contributed by atoms with Crippen molar-refractivity contribution in [3.05, 3.63) is 28.2 Å². The number of imide groups is 1. The van der Waals surface area contributed by atoms with E-state index >= 15 is 0 Å². The number of halogens is 2. The molecule has 1 aromatic rings. The molecule has 0 spiro atoms. The van der Waals surface area contributed by atoms with Gasteiger partial charge in [-0.3, -0.25) is 14.4 Å². The minimum Gasteiger partial charge on any atom is -0.481 e. The third kappa shape index (κ3) is 3.70. The van der Waals surface area contributed by atoms with Crippen LogP contribution in [0.15, 0.2) is 18.2 Å². The molecule has 1 fully saturated rings. The van der Waals surface area contributed by atoms with Crippen LogP contribution in [0.5, 0.6) is 0 Å². The van der Waals surface area contributed by atoms with E-state index in [1.165, 1.54) is 23.9 Å². The van der Waals surface area contributed by atoms with E-state index in [9.17, 15) is 14.4 Å². The Morgan fingerprint density at radius 2 is 2.10 bits per heavy atom. The molecule has 1 aliphatic heterocycles. The van der Waals surface area contributed by atoms with Crippen LogP contribution in [-0.4, -0.2) is 33.9 Å². The van der Waals surface area contributed by atoms with Gasteiger partial charge in [-0.05, 0) is 18.2 Å². The monoisotopic (exact) mass is 347 g/mol. The molecule has 1 unspecified atom stereocenters. The molecule has 1 N–H and O–H groups in total. The zero-order chi connectivity index (χ0) is 15.6. The van der Waals surface area contributed by atoms with Gasteiger partial charge in [-0.2, -0.15) is 0 Å². The lowest BCUT2D eigenvalue weighted by molar-refractivity contribution is -0.136. The number of benzene rings is 1. The number of amides is 2. The summed E-state index contributed by atoms with van der Waals surface area (Å²) in [6.45, 7) is 0. The van der Waals surface area contributed by atoms with E-state index in [-0.39, 0.29) is 35.4 Å². The van der Waals surface area contributed by atoms with Crippen molar-refractivity contribution in [2.75, 3.05) is 10.7 Å². The number of carbonyl (C=O) groups is 3. The average molecular weight is 348 g/mol. The number of carbonyl (C=O) groups excluding carboxylic acids is 2. The molecule has 8 heteroatoms. The second kappa shape index (κ2) is 6.68. The molecular formula is C13H11Cl2NO4S. The Bertz CT molecular complexity index is 608. The largest absolute Gasteiger partial charge is 0.481 e. The number of carboxylic acids is 1. The second-order valence-electron chi connectivity index (χ2n) is 4.37. The molecule has 1 aliphatic rings. The van der Waals surface area contributed by atoms with Crippen LogP contribution in [-0.2, 0) is 14.4 Å². The molecule has 21 heavy (non-hydrogen) atoms. The Morgan fingerprint density at radius 3 is 2.71 bits per heavy atom. The summed E-state index contributed by atoms with van der Waals surface area (Å²) < 4.78 is 0. The van der Waals surface area contributed by atoms with Gasteiger partial charge in [0.05, 0.1) is 22.4 Å². The standard InChI is InChI=1S/C13H11Cl2NO4S/c14-7-1-2-9(8(15)5-7)16-11(17)6-10(13(16)20)21-4-3-12(18)19/h1-2,5,10H,3-4,6H2,(H,18,19). The van der Waals surface area contributed by atoms with E-state index in [2.05, 4.69) is 0 Å². The van der Waals surface area contributed by atoms with E-state index in [1.54, 1.807) is 6.07 Å². The van der Waals surface area contributed by atoms with E-state index in [0.29, 0.717) is 10.7 Å². The fourth-order valence-corrected chi connectivity index (χ4v) is 3.52. The quantitative estimate of drug-likeness (QED) is 0.829. The molecule has 1 saturated heterocycles. The summed E-state index contributed by atoms with van der Waals surface area (Å²) in [5, 5.41) is 8.66. The molecule has 2 amide bonds. The molecule has 1 aromatic carbocycles. The van der Waals surface area contributed by atoms with Crippen molar-refractivity contribution in [1.82, 2.24) is 0 Å². The van der Waals surface area contributed by atoms with Gasteiger partial charge in [0.25, 0.3) is 0 Å². The van der Waals surface area contributed by atoms with Gasteiger partial charge in [-0.25, -0.2) is 4.90 Å². The number of hydrogen-bond donors (Lipinski definition) is 1. The molecule has 112 valence electrons. The van der Waals surface area contributed by atoms with Crippen LogP contribution in [0.2, 0.25) is 10.0 Å². The lowest BCUT2D eigenvalue weighted by atomic mass is 10.3. The first-order valence-corrected chi connectivity index (χ1v) is 7.86. The van der Waals surface area contributed by atoms with Gasteiger partial charge in [0.2, 0.25) is 11.8 Å². The van der Waals surface area contributed by atoms with Gasteiger partial charge in [0.15, 0.2) is 0 Å². The van der Waals surface area contributed by atoms with Crippen molar-refractivity contribution in [1.29, 1.82) is 0 Å². The lowest BCUT2D eigenvalue weighted by Gasteiger charge is -2.16. The highest BCUT2D eigenvalue weighted by atomic mass is 35.5. The number of aliphatic carboxylic acids is 1. The SMILES string of the molecule is O=C(O)CCSC1CC(=O)N(c2ccc(Cl)cc2Cl)C1=O. The van der Waals surface area contributed by atoms with Crippen LogP contribution in [0.25, 0.3) is 0 Å². The number of nitrogens with zero attached hydrogens (tertiary/aromatic N) is 1. The molecule has 0 radical (unpaired) electrons. The number of carboxylic acid groups (broad SMARTS) is 1. The molecule has 0 saturated carbocycles. The highest BCUT2D eigenvalue weighted by Crippen LogP contribution is 2.35. The smallest absolute Gasteiger partial charge is 0.304 e. The van der Waals surface area contributed by atoms with Gasteiger partial charge in [0.1, 0.15) is 0 Å². The van der Waals surface area contributed by atoms with Crippen LogP contribution in [0.3, 0.4) is 0 Å². The minimum atomic E-state index is -0.933. The van der Waals surface area contributed by atoms with Crippen molar-refractivity contribution in [2.24, 2.45) is 0 Å². The molecule has 1 heterocycles. The Hall–Kier alpha value is -1.24. The highest BCUT2D eigenvalue weighted by Gasteiger charge is 2.40. The van der Waals surface area contributed by atoms with Crippen LogP contribution in [0, 0.1) is 0 Å². The molecular weight excluding hydrogens is 337 g/mol. The minimum absolute atomic E-state index is 0.0437. The fourth-order valence-electron chi connectivity index (χ4n) is 1.94. The van der Waals surface area contributed by atoms with Crippen molar-refractivity contribution in [3.63, 3.8) is 0 Å². The van der Waals surface area contributed by atoms with Crippen molar-refractivity contribution < 1.29 is 19.5 Å². The van der Waals surface area contributed by atoms with Crippen LogP contribution >= 0.6 is 35.0 Å². The van der Waals surface area contributed by atoms with Gasteiger partial charge >= 0.3 is 5.97 Å². The zero-order valence-corrected chi connectivity index (χ0v) is 13.0. The molecule has 0 bridgehead atoms. The normalized spacial score (nSPS) is 18.4. The van der Waals surface area contributed by atoms with Gasteiger partial charge in [0, 0.05) is 17.2 Å². The number of anilines is 1. The predicted octanol–water partition coefficient (Wildman–Crippen LogP) is 2.83. The Labute approximate surface area is 135 Å². The summed E-state index contributed by atoms with van der Waals surface area (Å²) >= 11 is 13.0. The Balaban J connectivity index is 2.13. The maximum Gasteiger partial charge on any atom is 0.304 e. The molecule has 2 rings (SSSR count). The van der Waals surface area contributed by atoms with E-state index in [0.717, 1.165) is 4.90 Å². The topological polar surface area (TPSA) is 74.7 Å². The van der Waals surface area contributed by atoms with Crippen LogP contribution in [0.4, 0.5) is 5.69 Å². The third-order valence-corrected chi connectivity index (χ3v) is 4.64. The molecule has 1 atom stereocenters. The summed E-state index contributed by atoms with van der Waals surface area (Å²) in [5.41, 5.74) is 0.303. The molecule has 0 aromatic heterocycles. The van der Waals surface area contributed by atoms with Crippen molar-refractivity contribution in [3.8, 4) is 0 Å². The first-order valence-electron chi connectivity index (χ1n) is 6.05. The summed E-state index contributed by atoms with van der Waals surface area (Å²) in [7, 11) is 0. The zero-order valence-electron chi connectivity index (χ0n) is 10.7. The van der Waals surface area contributed by atoms with Crippen molar-refractivity contribution in [2.45, 2.75) is 18.1 Å². The lowest BCUT2D eigenvalue weighted by Crippen LogP contribution is -2.31. The summed E-state index contributed by atoms with van der Waals surface area (Å²) in [5.74, 6) is -1.38. The molecule has 0 aliphatic carbocycles. The average Bonchev–Trinajstić information content (AvgIpc) is 2.65. The summed E-state index contributed by atoms with van der Waals surface area (Å²) in [4.78, 5) is 35.8. The van der Waals surface area contributed by atoms with E-state index in [4.69, 9.17) is 28.3 Å². The van der Waals surface area contributed by atoms with Crippen molar-refractivity contribution >= 4 is 58.4 Å². The Kier molecular flexibility index (Phi) is 5.13. The summed E-state index contributed by atoms with van der Waals surface area (Å²) in [6.07, 6.45) is -0.00753. The van der Waals surface area contributed by atoms with Crippen LogP contribution in [0.1, 0.15) is 12.8 Å². The first-order chi connectivity index (χ1) is 9.90. The van der Waals surface area contributed by atoms with Gasteiger partial charge in [-0.15, -0.1) is 11.8 Å². The predicted molar refractivity (Wildman–Crippen MR) is 82.1 cm³/mol. The molecule has 5 nitrogen and oxygen atoms in total. The fraction of sp³-hybridized carbons (Fsp3) is 0.308.